The van der Waals surface area contributed by atoms with Crippen LogP contribution in [0.2, 0.25) is 0 Å². The van der Waals surface area contributed by atoms with Gasteiger partial charge in [-0.1, -0.05) is 29.8 Å². The maximum Gasteiger partial charge on any atom is 0.230 e. The molecule has 0 radical (unpaired) electrons. The van der Waals surface area contributed by atoms with Gasteiger partial charge in [0.05, 0.1) is 5.41 Å². The van der Waals surface area contributed by atoms with Crippen molar-refractivity contribution in [1.82, 2.24) is 10.6 Å². The highest BCUT2D eigenvalue weighted by Gasteiger charge is 2.29. The predicted molar refractivity (Wildman–Crippen MR) is 75.7 cm³/mol. The summed E-state index contributed by atoms with van der Waals surface area (Å²) in [5.74, 6) is 0.0634. The fraction of sp³-hybridized carbons (Fsp3) is 0.533. The van der Waals surface area contributed by atoms with E-state index in [9.17, 15) is 4.79 Å². The molecule has 0 saturated carbocycles. The average Bonchev–Trinajstić information content (AvgIpc) is 2.35. The first-order chi connectivity index (χ1) is 8.37. The first-order valence-electron chi connectivity index (χ1n) is 6.40. The highest BCUT2D eigenvalue weighted by molar-refractivity contribution is 5.87. The Morgan fingerprint density at radius 1 is 1.28 bits per heavy atom. The third kappa shape index (κ3) is 3.57. The number of benzene rings is 1. The number of rotatable bonds is 5. The largest absolute Gasteiger partial charge is 0.354 e. The number of carbonyl (C=O) groups excluding carboxylic acids is 1. The molecular formula is C15H24N2O. The molecule has 0 aliphatic carbocycles. The van der Waals surface area contributed by atoms with Crippen molar-refractivity contribution < 1.29 is 4.79 Å². The van der Waals surface area contributed by atoms with Gasteiger partial charge in [0, 0.05) is 12.6 Å². The molecule has 0 aromatic heterocycles. The summed E-state index contributed by atoms with van der Waals surface area (Å²) in [4.78, 5) is 12.2. The molecule has 2 N–H and O–H groups in total. The maximum absolute atomic E-state index is 12.2. The fourth-order valence-corrected chi connectivity index (χ4v) is 1.67. The van der Waals surface area contributed by atoms with E-state index < -0.39 is 5.41 Å². The Morgan fingerprint density at radius 3 is 2.33 bits per heavy atom. The van der Waals surface area contributed by atoms with Crippen LogP contribution in [-0.2, 0) is 10.2 Å². The van der Waals surface area contributed by atoms with E-state index >= 15 is 0 Å². The van der Waals surface area contributed by atoms with Crippen LogP contribution < -0.4 is 10.6 Å². The van der Waals surface area contributed by atoms with Crippen LogP contribution in [0, 0.1) is 6.92 Å². The van der Waals surface area contributed by atoms with Crippen LogP contribution in [0.5, 0.6) is 0 Å². The Morgan fingerprint density at radius 2 is 1.83 bits per heavy atom. The van der Waals surface area contributed by atoms with Gasteiger partial charge in [-0.25, -0.2) is 0 Å². The lowest BCUT2D eigenvalue weighted by Crippen LogP contribution is -2.45. The second-order valence-electron chi connectivity index (χ2n) is 5.39. The Kier molecular flexibility index (Phi) is 4.91. The summed E-state index contributed by atoms with van der Waals surface area (Å²) >= 11 is 0. The number of nitrogens with one attached hydrogen (secondary N) is 2. The molecule has 0 fully saturated rings. The van der Waals surface area contributed by atoms with Crippen LogP contribution in [0.3, 0.4) is 0 Å². The number of likely N-dealkylation sites (N-methyl/N-ethyl adjacent to an activating group) is 1. The van der Waals surface area contributed by atoms with Crippen molar-refractivity contribution in [2.24, 2.45) is 0 Å². The van der Waals surface area contributed by atoms with Crippen LogP contribution in [0.15, 0.2) is 24.3 Å². The molecule has 1 amide bonds. The molecule has 0 spiro atoms. The lowest BCUT2D eigenvalue weighted by atomic mass is 9.83. The van der Waals surface area contributed by atoms with Crippen LogP contribution in [-0.4, -0.2) is 25.5 Å². The molecule has 1 unspecified atom stereocenters. The summed E-state index contributed by atoms with van der Waals surface area (Å²) in [6.07, 6.45) is 0. The zero-order valence-corrected chi connectivity index (χ0v) is 12.0. The van der Waals surface area contributed by atoms with Crippen molar-refractivity contribution in [1.29, 1.82) is 0 Å². The van der Waals surface area contributed by atoms with Crippen molar-refractivity contribution in [3.63, 3.8) is 0 Å². The summed E-state index contributed by atoms with van der Waals surface area (Å²) in [5, 5.41) is 6.09. The van der Waals surface area contributed by atoms with Gasteiger partial charge < -0.3 is 10.6 Å². The number of carbonyl (C=O) groups is 1. The van der Waals surface area contributed by atoms with Crippen molar-refractivity contribution >= 4 is 5.91 Å². The van der Waals surface area contributed by atoms with E-state index in [0.717, 1.165) is 5.56 Å². The second kappa shape index (κ2) is 6.01. The third-order valence-corrected chi connectivity index (χ3v) is 3.40. The highest BCUT2D eigenvalue weighted by Crippen LogP contribution is 2.23. The van der Waals surface area contributed by atoms with Crippen LogP contribution in [0.4, 0.5) is 0 Å². The molecule has 3 nitrogen and oxygen atoms in total. The smallest absolute Gasteiger partial charge is 0.230 e. The fourth-order valence-electron chi connectivity index (χ4n) is 1.67. The van der Waals surface area contributed by atoms with Gasteiger partial charge >= 0.3 is 0 Å². The lowest BCUT2D eigenvalue weighted by Gasteiger charge is -2.25. The summed E-state index contributed by atoms with van der Waals surface area (Å²) in [6, 6.07) is 8.41. The Labute approximate surface area is 110 Å². The van der Waals surface area contributed by atoms with Crippen LogP contribution >= 0.6 is 0 Å². The van der Waals surface area contributed by atoms with Gasteiger partial charge in [-0.2, -0.15) is 0 Å². The Hall–Kier alpha value is -1.35. The molecule has 1 rings (SSSR count). The molecule has 100 valence electrons. The number of aryl methyl sites for hydroxylation is 1. The van der Waals surface area contributed by atoms with Crippen molar-refractivity contribution in [2.75, 3.05) is 13.6 Å². The minimum Gasteiger partial charge on any atom is -0.354 e. The topological polar surface area (TPSA) is 41.1 Å². The summed E-state index contributed by atoms with van der Waals surface area (Å²) in [6.45, 7) is 8.64. The zero-order chi connectivity index (χ0) is 13.8. The van der Waals surface area contributed by atoms with Crippen molar-refractivity contribution in [3.8, 4) is 0 Å². The highest BCUT2D eigenvalue weighted by atomic mass is 16.2. The molecule has 0 aliphatic heterocycles. The Bertz CT molecular complexity index is 395. The number of hydrogen-bond acceptors (Lipinski definition) is 2. The van der Waals surface area contributed by atoms with E-state index in [2.05, 4.69) is 10.6 Å². The monoisotopic (exact) mass is 248 g/mol. The molecule has 1 aromatic carbocycles. The molecule has 3 heteroatoms. The van der Waals surface area contributed by atoms with Gasteiger partial charge in [0.2, 0.25) is 5.91 Å². The average molecular weight is 248 g/mol. The van der Waals surface area contributed by atoms with Gasteiger partial charge in [-0.05, 0) is 40.3 Å². The minimum atomic E-state index is -0.499. The van der Waals surface area contributed by atoms with Gasteiger partial charge in [-0.15, -0.1) is 0 Å². The van der Waals surface area contributed by atoms with E-state index in [-0.39, 0.29) is 11.9 Å². The van der Waals surface area contributed by atoms with Gasteiger partial charge in [-0.3, -0.25) is 4.79 Å². The molecule has 1 aromatic rings. The van der Waals surface area contributed by atoms with Gasteiger partial charge in [0.15, 0.2) is 0 Å². The maximum atomic E-state index is 12.2. The van der Waals surface area contributed by atoms with E-state index in [1.54, 1.807) is 0 Å². The number of amides is 1. The van der Waals surface area contributed by atoms with E-state index in [1.807, 2.05) is 59.0 Å². The number of hydrogen-bond donors (Lipinski definition) is 2. The Balaban J connectivity index is 2.73. The zero-order valence-electron chi connectivity index (χ0n) is 12.0. The summed E-state index contributed by atoms with van der Waals surface area (Å²) in [7, 11) is 1.89. The van der Waals surface area contributed by atoms with E-state index in [0.29, 0.717) is 6.54 Å². The quantitative estimate of drug-likeness (QED) is 0.837. The normalized spacial score (nSPS) is 13.2. The molecule has 1 atom stereocenters. The lowest BCUT2D eigenvalue weighted by molar-refractivity contribution is -0.125. The molecule has 0 heterocycles. The second-order valence-corrected chi connectivity index (χ2v) is 5.39. The molecule has 0 bridgehead atoms. The third-order valence-electron chi connectivity index (χ3n) is 3.40. The van der Waals surface area contributed by atoms with Crippen molar-refractivity contribution in [2.45, 2.75) is 39.2 Å². The first kappa shape index (κ1) is 14.7. The van der Waals surface area contributed by atoms with Gasteiger partial charge in [0.25, 0.3) is 0 Å². The molecule has 18 heavy (non-hydrogen) atoms. The van der Waals surface area contributed by atoms with E-state index in [1.165, 1.54) is 5.56 Å². The van der Waals surface area contributed by atoms with Crippen molar-refractivity contribution in [3.05, 3.63) is 35.4 Å². The summed E-state index contributed by atoms with van der Waals surface area (Å²) < 4.78 is 0. The van der Waals surface area contributed by atoms with Gasteiger partial charge in [0.1, 0.15) is 0 Å². The van der Waals surface area contributed by atoms with Crippen LogP contribution in [0.25, 0.3) is 0 Å². The molecule has 0 saturated heterocycles. The minimum absolute atomic E-state index is 0.0634. The first-order valence-corrected chi connectivity index (χ1v) is 6.40. The standard InChI is InChI=1S/C15H24N2O/c1-11-6-8-13(9-7-11)15(3,4)14(18)17-10-12(2)16-5/h6-9,12,16H,10H2,1-5H3,(H,17,18). The SMILES string of the molecule is CNC(C)CNC(=O)C(C)(C)c1ccc(C)cc1. The van der Waals surface area contributed by atoms with Crippen LogP contribution in [0.1, 0.15) is 31.9 Å². The predicted octanol–water partition coefficient (Wildman–Crippen LogP) is 2.00. The summed E-state index contributed by atoms with van der Waals surface area (Å²) in [5.41, 5.74) is 1.75. The van der Waals surface area contributed by atoms with E-state index in [4.69, 9.17) is 0 Å². The molecule has 0 aliphatic rings. The molecular weight excluding hydrogens is 224 g/mol.